The zero-order chi connectivity index (χ0) is 23.2. The Balaban J connectivity index is 1.53. The Bertz CT molecular complexity index is 1030. The molecule has 1 saturated heterocycles. The molecule has 0 bridgehead atoms. The SMILES string of the molecule is COC(=O)c1c(OCCN2CCCCC2)cc(=O)n2c1CCN(Cc1ccccc1F)CC2. The molecular weight excluding hydrogens is 425 g/mol. The molecule has 7 nitrogen and oxygen atoms in total. The van der Waals surface area contributed by atoms with E-state index in [4.69, 9.17) is 9.47 Å². The van der Waals surface area contributed by atoms with Crippen LogP contribution in [-0.2, 0) is 24.2 Å². The average molecular weight is 458 g/mol. The van der Waals surface area contributed by atoms with Gasteiger partial charge in [-0.3, -0.25) is 14.6 Å². The number of benzene rings is 1. The number of rotatable bonds is 7. The zero-order valence-electron chi connectivity index (χ0n) is 19.2. The number of ether oxygens (including phenoxy) is 2. The summed E-state index contributed by atoms with van der Waals surface area (Å²) in [6, 6.07) is 8.12. The molecular formula is C25H32FN3O4. The number of hydrogen-bond acceptors (Lipinski definition) is 6. The summed E-state index contributed by atoms with van der Waals surface area (Å²) in [7, 11) is 1.34. The van der Waals surface area contributed by atoms with Gasteiger partial charge in [-0.05, 0) is 32.0 Å². The predicted octanol–water partition coefficient (Wildman–Crippen LogP) is 2.70. The van der Waals surface area contributed by atoms with Gasteiger partial charge in [-0.2, -0.15) is 0 Å². The van der Waals surface area contributed by atoms with Crippen LogP contribution >= 0.6 is 0 Å². The van der Waals surface area contributed by atoms with Crippen molar-refractivity contribution in [2.75, 3.05) is 46.4 Å². The van der Waals surface area contributed by atoms with Gasteiger partial charge in [0.05, 0.1) is 7.11 Å². The highest BCUT2D eigenvalue weighted by atomic mass is 19.1. The molecule has 0 unspecified atom stereocenters. The number of nitrogens with zero attached hydrogens (tertiary/aromatic N) is 3. The molecule has 1 fully saturated rings. The Morgan fingerprint density at radius 1 is 1.03 bits per heavy atom. The molecule has 33 heavy (non-hydrogen) atoms. The monoisotopic (exact) mass is 457 g/mol. The van der Waals surface area contributed by atoms with Crippen LogP contribution in [0.5, 0.6) is 5.75 Å². The van der Waals surface area contributed by atoms with Crippen LogP contribution in [0.15, 0.2) is 35.1 Å². The lowest BCUT2D eigenvalue weighted by Gasteiger charge is -2.26. The van der Waals surface area contributed by atoms with Crippen molar-refractivity contribution >= 4 is 5.97 Å². The smallest absolute Gasteiger partial charge is 0.343 e. The third kappa shape index (κ3) is 5.62. The van der Waals surface area contributed by atoms with E-state index in [-0.39, 0.29) is 17.1 Å². The maximum absolute atomic E-state index is 14.1. The Morgan fingerprint density at radius 3 is 2.58 bits per heavy atom. The molecule has 178 valence electrons. The van der Waals surface area contributed by atoms with E-state index in [9.17, 15) is 14.0 Å². The molecule has 0 aliphatic carbocycles. The van der Waals surface area contributed by atoms with Gasteiger partial charge >= 0.3 is 5.97 Å². The first-order valence-electron chi connectivity index (χ1n) is 11.7. The summed E-state index contributed by atoms with van der Waals surface area (Å²) in [5.74, 6) is -0.456. The molecule has 1 aromatic heterocycles. The first-order chi connectivity index (χ1) is 16.1. The maximum Gasteiger partial charge on any atom is 0.343 e. The summed E-state index contributed by atoms with van der Waals surface area (Å²) in [6.45, 7) is 5.31. The number of likely N-dealkylation sites (tertiary alicyclic amines) is 1. The van der Waals surface area contributed by atoms with Crippen molar-refractivity contribution in [3.8, 4) is 5.75 Å². The Labute approximate surface area is 193 Å². The largest absolute Gasteiger partial charge is 0.491 e. The number of carbonyl (C=O) groups is 1. The summed E-state index contributed by atoms with van der Waals surface area (Å²) in [5.41, 5.74) is 1.37. The quantitative estimate of drug-likeness (QED) is 0.596. The first-order valence-corrected chi connectivity index (χ1v) is 11.7. The van der Waals surface area contributed by atoms with Gasteiger partial charge < -0.3 is 14.0 Å². The minimum Gasteiger partial charge on any atom is -0.491 e. The summed E-state index contributed by atoms with van der Waals surface area (Å²) in [6.07, 6.45) is 4.12. The van der Waals surface area contributed by atoms with Crippen LogP contribution in [0.1, 0.15) is 40.9 Å². The van der Waals surface area contributed by atoms with Crippen molar-refractivity contribution in [2.45, 2.75) is 38.8 Å². The van der Waals surface area contributed by atoms with E-state index >= 15 is 0 Å². The predicted molar refractivity (Wildman–Crippen MR) is 123 cm³/mol. The molecule has 8 heteroatoms. The topological polar surface area (TPSA) is 64.0 Å². The molecule has 4 rings (SSSR count). The van der Waals surface area contributed by atoms with Gasteiger partial charge in [-0.1, -0.05) is 24.6 Å². The van der Waals surface area contributed by atoms with Gasteiger partial charge in [0.15, 0.2) is 0 Å². The maximum atomic E-state index is 14.1. The fourth-order valence-electron chi connectivity index (χ4n) is 4.72. The number of carbonyl (C=O) groups excluding carboxylic acids is 1. The molecule has 0 amide bonds. The highest BCUT2D eigenvalue weighted by molar-refractivity contribution is 5.93. The number of esters is 1. The van der Waals surface area contributed by atoms with Crippen molar-refractivity contribution in [1.82, 2.24) is 14.4 Å². The zero-order valence-corrected chi connectivity index (χ0v) is 19.2. The number of hydrogen-bond donors (Lipinski definition) is 0. The summed E-state index contributed by atoms with van der Waals surface area (Å²) in [5, 5.41) is 0. The normalized spacial score (nSPS) is 17.3. The van der Waals surface area contributed by atoms with Crippen LogP contribution in [-0.4, -0.2) is 66.8 Å². The lowest BCUT2D eigenvalue weighted by Crippen LogP contribution is -2.34. The Hall–Kier alpha value is -2.71. The first kappa shape index (κ1) is 23.4. The van der Waals surface area contributed by atoms with Crippen molar-refractivity contribution in [1.29, 1.82) is 0 Å². The van der Waals surface area contributed by atoms with E-state index in [0.29, 0.717) is 56.0 Å². The number of pyridine rings is 1. The molecule has 0 atom stereocenters. The highest BCUT2D eigenvalue weighted by Gasteiger charge is 2.26. The lowest BCUT2D eigenvalue weighted by molar-refractivity contribution is 0.0592. The minimum atomic E-state index is -0.505. The molecule has 0 saturated carbocycles. The third-order valence-electron chi connectivity index (χ3n) is 6.54. The van der Waals surface area contributed by atoms with Gasteiger partial charge in [0.25, 0.3) is 5.56 Å². The number of methoxy groups -OCH3 is 1. The van der Waals surface area contributed by atoms with E-state index in [1.807, 2.05) is 6.07 Å². The number of halogens is 1. The highest BCUT2D eigenvalue weighted by Crippen LogP contribution is 2.25. The summed E-state index contributed by atoms with van der Waals surface area (Å²) >= 11 is 0. The van der Waals surface area contributed by atoms with Crippen LogP contribution in [0.4, 0.5) is 4.39 Å². The number of aromatic nitrogens is 1. The standard InChI is InChI=1S/C25H32FN3O4/c1-32-25(31)24-21-9-12-28(18-19-7-3-4-8-20(19)26)13-14-29(21)23(30)17-22(24)33-16-15-27-10-5-2-6-11-27/h3-4,7-8,17H,2,5-6,9-16,18H2,1H3. The molecule has 2 aliphatic rings. The fraction of sp³-hybridized carbons (Fsp3) is 0.520. The van der Waals surface area contributed by atoms with Crippen LogP contribution < -0.4 is 10.3 Å². The van der Waals surface area contributed by atoms with E-state index < -0.39 is 5.97 Å². The minimum absolute atomic E-state index is 0.196. The van der Waals surface area contributed by atoms with Crippen molar-refractivity contribution in [3.05, 3.63) is 63.3 Å². The van der Waals surface area contributed by atoms with Crippen molar-refractivity contribution < 1.29 is 18.7 Å². The van der Waals surface area contributed by atoms with E-state index in [0.717, 1.165) is 19.6 Å². The summed E-state index contributed by atoms with van der Waals surface area (Å²) in [4.78, 5) is 30.1. The molecule has 2 aromatic rings. The van der Waals surface area contributed by atoms with Crippen molar-refractivity contribution in [2.24, 2.45) is 0 Å². The molecule has 1 aromatic carbocycles. The second-order valence-corrected chi connectivity index (χ2v) is 8.68. The van der Waals surface area contributed by atoms with Crippen LogP contribution in [0.3, 0.4) is 0 Å². The molecule has 3 heterocycles. The van der Waals surface area contributed by atoms with Crippen molar-refractivity contribution in [3.63, 3.8) is 0 Å². The second kappa shape index (κ2) is 10.9. The van der Waals surface area contributed by atoms with E-state index in [1.165, 1.54) is 38.5 Å². The Morgan fingerprint density at radius 2 is 1.82 bits per heavy atom. The average Bonchev–Trinajstić information content (AvgIpc) is 3.04. The van der Waals surface area contributed by atoms with Gasteiger partial charge in [-0.25, -0.2) is 9.18 Å². The number of fused-ring (bicyclic) bond motifs is 1. The third-order valence-corrected chi connectivity index (χ3v) is 6.54. The van der Waals surface area contributed by atoms with Crippen LogP contribution in [0.25, 0.3) is 0 Å². The number of piperidine rings is 1. The molecule has 2 aliphatic heterocycles. The van der Waals surface area contributed by atoms with Gasteiger partial charge in [0.2, 0.25) is 0 Å². The summed E-state index contributed by atoms with van der Waals surface area (Å²) < 4.78 is 26.8. The van der Waals surface area contributed by atoms with Gasteiger partial charge in [-0.15, -0.1) is 0 Å². The van der Waals surface area contributed by atoms with Gasteiger partial charge in [0, 0.05) is 56.5 Å². The second-order valence-electron chi connectivity index (χ2n) is 8.68. The van der Waals surface area contributed by atoms with Crippen LogP contribution in [0, 0.1) is 5.82 Å². The van der Waals surface area contributed by atoms with Crippen LogP contribution in [0.2, 0.25) is 0 Å². The Kier molecular flexibility index (Phi) is 7.77. The fourth-order valence-corrected chi connectivity index (χ4v) is 4.72. The molecule has 0 N–H and O–H groups in total. The van der Waals surface area contributed by atoms with E-state index in [1.54, 1.807) is 16.7 Å². The molecule has 0 spiro atoms. The van der Waals surface area contributed by atoms with Gasteiger partial charge in [0.1, 0.15) is 23.7 Å². The molecule has 0 radical (unpaired) electrons. The van der Waals surface area contributed by atoms with E-state index in [2.05, 4.69) is 9.80 Å². The lowest BCUT2D eigenvalue weighted by atomic mass is 10.1.